The predicted octanol–water partition coefficient (Wildman–Crippen LogP) is 1.26. The summed E-state index contributed by atoms with van der Waals surface area (Å²) in [5.74, 6) is 0.555. The SMILES string of the molecule is CC1CCC(O)(CNC(=O)Cc2ccc(N)cn2)CC1. The third-order valence-corrected chi connectivity index (χ3v) is 4.01. The zero-order valence-electron chi connectivity index (χ0n) is 11.9. The van der Waals surface area contributed by atoms with Crippen LogP contribution >= 0.6 is 0 Å². The van der Waals surface area contributed by atoms with Crippen LogP contribution in [0.2, 0.25) is 0 Å². The molecule has 2 rings (SSSR count). The van der Waals surface area contributed by atoms with Crippen LogP contribution < -0.4 is 11.1 Å². The number of hydrogen-bond acceptors (Lipinski definition) is 4. The maximum Gasteiger partial charge on any atom is 0.226 e. The molecular formula is C15H23N3O2. The fourth-order valence-electron chi connectivity index (χ4n) is 2.51. The van der Waals surface area contributed by atoms with Crippen LogP contribution in [0.5, 0.6) is 0 Å². The molecule has 0 aliphatic heterocycles. The van der Waals surface area contributed by atoms with Crippen molar-refractivity contribution < 1.29 is 9.90 Å². The molecule has 1 heterocycles. The van der Waals surface area contributed by atoms with Gasteiger partial charge in [0.05, 0.1) is 23.9 Å². The van der Waals surface area contributed by atoms with E-state index in [-0.39, 0.29) is 12.3 Å². The summed E-state index contributed by atoms with van der Waals surface area (Å²) in [4.78, 5) is 15.9. The average Bonchev–Trinajstić information content (AvgIpc) is 2.43. The minimum absolute atomic E-state index is 0.116. The van der Waals surface area contributed by atoms with Gasteiger partial charge in [-0.1, -0.05) is 6.92 Å². The van der Waals surface area contributed by atoms with E-state index in [4.69, 9.17) is 5.73 Å². The zero-order chi connectivity index (χ0) is 14.6. The van der Waals surface area contributed by atoms with E-state index in [1.807, 2.05) is 0 Å². The lowest BCUT2D eigenvalue weighted by Crippen LogP contribution is -2.45. The molecule has 1 aromatic heterocycles. The van der Waals surface area contributed by atoms with Gasteiger partial charge in [0.2, 0.25) is 5.91 Å². The van der Waals surface area contributed by atoms with Gasteiger partial charge >= 0.3 is 0 Å². The summed E-state index contributed by atoms with van der Waals surface area (Å²) in [5, 5.41) is 13.2. The van der Waals surface area contributed by atoms with Crippen molar-refractivity contribution in [2.45, 2.75) is 44.6 Å². The van der Waals surface area contributed by atoms with Crippen molar-refractivity contribution in [3.05, 3.63) is 24.0 Å². The highest BCUT2D eigenvalue weighted by molar-refractivity contribution is 5.78. The largest absolute Gasteiger partial charge is 0.397 e. The highest BCUT2D eigenvalue weighted by Gasteiger charge is 2.31. The Balaban J connectivity index is 1.79. The highest BCUT2D eigenvalue weighted by Crippen LogP contribution is 2.31. The van der Waals surface area contributed by atoms with Gasteiger partial charge in [-0.2, -0.15) is 0 Å². The van der Waals surface area contributed by atoms with Gasteiger partial charge in [-0.3, -0.25) is 9.78 Å². The first-order chi connectivity index (χ1) is 9.47. The summed E-state index contributed by atoms with van der Waals surface area (Å²) < 4.78 is 0. The topological polar surface area (TPSA) is 88.2 Å². The van der Waals surface area contributed by atoms with Crippen molar-refractivity contribution in [3.63, 3.8) is 0 Å². The minimum atomic E-state index is -0.739. The number of amides is 1. The predicted molar refractivity (Wildman–Crippen MR) is 77.9 cm³/mol. The van der Waals surface area contributed by atoms with E-state index in [1.54, 1.807) is 18.3 Å². The van der Waals surface area contributed by atoms with E-state index in [2.05, 4.69) is 17.2 Å². The molecule has 1 aliphatic rings. The molecule has 0 radical (unpaired) electrons. The number of nitrogens with one attached hydrogen (secondary N) is 1. The van der Waals surface area contributed by atoms with Crippen LogP contribution in [-0.2, 0) is 11.2 Å². The second-order valence-electron chi connectivity index (χ2n) is 5.94. The number of nitrogen functional groups attached to an aromatic ring is 1. The Morgan fingerprint density at radius 3 is 2.80 bits per heavy atom. The van der Waals surface area contributed by atoms with Gasteiger partial charge in [0.25, 0.3) is 0 Å². The van der Waals surface area contributed by atoms with Crippen LogP contribution in [0.15, 0.2) is 18.3 Å². The number of carbonyl (C=O) groups excluding carboxylic acids is 1. The molecule has 20 heavy (non-hydrogen) atoms. The van der Waals surface area contributed by atoms with Gasteiger partial charge in [-0.15, -0.1) is 0 Å². The molecule has 0 atom stereocenters. The number of hydrogen-bond donors (Lipinski definition) is 3. The standard InChI is InChI=1S/C15H23N3O2/c1-11-4-6-15(20,7-5-11)10-18-14(19)8-13-3-2-12(16)9-17-13/h2-3,9,11,20H,4-8,10,16H2,1H3,(H,18,19). The Hall–Kier alpha value is -1.62. The third-order valence-electron chi connectivity index (χ3n) is 4.01. The quantitative estimate of drug-likeness (QED) is 0.773. The molecular weight excluding hydrogens is 254 g/mol. The van der Waals surface area contributed by atoms with Gasteiger partial charge in [-0.05, 0) is 43.7 Å². The Morgan fingerprint density at radius 1 is 1.50 bits per heavy atom. The summed E-state index contributed by atoms with van der Waals surface area (Å²) in [5.41, 5.74) is 6.07. The lowest BCUT2D eigenvalue weighted by atomic mass is 9.79. The number of carbonyl (C=O) groups is 1. The molecule has 0 unspecified atom stereocenters. The monoisotopic (exact) mass is 277 g/mol. The second kappa shape index (κ2) is 6.22. The smallest absolute Gasteiger partial charge is 0.226 e. The van der Waals surface area contributed by atoms with Crippen LogP contribution in [0.3, 0.4) is 0 Å². The van der Waals surface area contributed by atoms with E-state index < -0.39 is 5.60 Å². The van der Waals surface area contributed by atoms with Gasteiger partial charge in [0.15, 0.2) is 0 Å². The van der Waals surface area contributed by atoms with Crippen molar-refractivity contribution in [3.8, 4) is 0 Å². The van der Waals surface area contributed by atoms with Crippen LogP contribution in [0.25, 0.3) is 0 Å². The van der Waals surface area contributed by atoms with E-state index >= 15 is 0 Å². The third kappa shape index (κ3) is 4.20. The first-order valence-electron chi connectivity index (χ1n) is 7.16. The second-order valence-corrected chi connectivity index (χ2v) is 5.94. The lowest BCUT2D eigenvalue weighted by molar-refractivity contribution is -0.122. The lowest BCUT2D eigenvalue weighted by Gasteiger charge is -2.34. The molecule has 5 nitrogen and oxygen atoms in total. The number of rotatable bonds is 4. The van der Waals surface area contributed by atoms with E-state index in [0.29, 0.717) is 23.8 Å². The fourth-order valence-corrected chi connectivity index (χ4v) is 2.51. The number of aliphatic hydroxyl groups is 1. The van der Waals surface area contributed by atoms with Gasteiger partial charge in [0, 0.05) is 12.2 Å². The number of aromatic nitrogens is 1. The molecule has 1 fully saturated rings. The summed E-state index contributed by atoms with van der Waals surface area (Å²) in [6.45, 7) is 2.53. The van der Waals surface area contributed by atoms with Crippen molar-refractivity contribution in [1.29, 1.82) is 0 Å². The normalized spacial score (nSPS) is 26.2. The number of nitrogens with zero attached hydrogens (tertiary/aromatic N) is 1. The highest BCUT2D eigenvalue weighted by atomic mass is 16.3. The number of nitrogens with two attached hydrogens (primary N) is 1. The molecule has 1 saturated carbocycles. The molecule has 0 bridgehead atoms. The summed E-state index contributed by atoms with van der Waals surface area (Å²) >= 11 is 0. The first-order valence-corrected chi connectivity index (χ1v) is 7.16. The van der Waals surface area contributed by atoms with E-state index in [9.17, 15) is 9.90 Å². The summed E-state index contributed by atoms with van der Waals surface area (Å²) in [6, 6.07) is 3.47. The minimum Gasteiger partial charge on any atom is -0.397 e. The molecule has 0 spiro atoms. The van der Waals surface area contributed by atoms with Crippen LogP contribution in [0.4, 0.5) is 5.69 Å². The van der Waals surface area contributed by atoms with Crippen LogP contribution in [0.1, 0.15) is 38.3 Å². The van der Waals surface area contributed by atoms with Crippen molar-refractivity contribution in [2.24, 2.45) is 5.92 Å². The van der Waals surface area contributed by atoms with Crippen molar-refractivity contribution >= 4 is 11.6 Å². The number of pyridine rings is 1. The molecule has 5 heteroatoms. The maximum atomic E-state index is 11.9. The van der Waals surface area contributed by atoms with Crippen LogP contribution in [0, 0.1) is 5.92 Å². The van der Waals surface area contributed by atoms with E-state index in [1.165, 1.54) is 0 Å². The van der Waals surface area contributed by atoms with Crippen LogP contribution in [-0.4, -0.2) is 28.1 Å². The Morgan fingerprint density at radius 2 is 2.20 bits per heavy atom. The van der Waals surface area contributed by atoms with E-state index in [0.717, 1.165) is 25.7 Å². The number of anilines is 1. The van der Waals surface area contributed by atoms with Gasteiger partial charge in [0.1, 0.15) is 0 Å². The summed E-state index contributed by atoms with van der Waals surface area (Å²) in [7, 11) is 0. The molecule has 1 amide bonds. The molecule has 1 aromatic rings. The maximum absolute atomic E-state index is 11.9. The Labute approximate surface area is 119 Å². The molecule has 0 saturated heterocycles. The van der Waals surface area contributed by atoms with Gasteiger partial charge < -0.3 is 16.2 Å². The zero-order valence-corrected chi connectivity index (χ0v) is 11.9. The molecule has 0 aromatic carbocycles. The average molecular weight is 277 g/mol. The van der Waals surface area contributed by atoms with Crippen molar-refractivity contribution in [2.75, 3.05) is 12.3 Å². The fraction of sp³-hybridized carbons (Fsp3) is 0.600. The Bertz CT molecular complexity index is 451. The molecule has 4 N–H and O–H groups in total. The first kappa shape index (κ1) is 14.8. The molecule has 110 valence electrons. The van der Waals surface area contributed by atoms with Gasteiger partial charge in [-0.25, -0.2) is 0 Å². The van der Waals surface area contributed by atoms with Crippen molar-refractivity contribution in [1.82, 2.24) is 10.3 Å². The Kier molecular flexibility index (Phi) is 4.60. The summed E-state index contributed by atoms with van der Waals surface area (Å²) in [6.07, 6.45) is 5.31. The molecule has 1 aliphatic carbocycles.